The summed E-state index contributed by atoms with van der Waals surface area (Å²) in [4.78, 5) is 26.3. The highest BCUT2D eigenvalue weighted by atomic mass is 32.2. The van der Waals surface area contributed by atoms with Crippen molar-refractivity contribution in [2.75, 3.05) is 31.7 Å². The number of para-hydroxylation sites is 1. The fourth-order valence-electron chi connectivity index (χ4n) is 2.67. The Morgan fingerprint density at radius 2 is 1.62 bits per heavy atom. The third kappa shape index (κ3) is 6.20. The van der Waals surface area contributed by atoms with Crippen LogP contribution < -0.4 is 15.5 Å². The van der Waals surface area contributed by atoms with Gasteiger partial charge in [-0.25, -0.2) is 0 Å². The highest BCUT2D eigenvalue weighted by Gasteiger charge is 2.17. The number of anilines is 1. The lowest BCUT2D eigenvalue weighted by Crippen LogP contribution is -3.11. The molecule has 0 aliphatic rings. The minimum Gasteiger partial charge on any atom is -0.345 e. The standard InChI is InChI=1S/C20H25N3O2S/c1-15(16-9-5-4-6-10-16)21-19(24)13-23(2)14-20(25)22-17-11-7-8-12-18(17)26-3/h4-12,15H,13-14H2,1-3H3,(H,21,24)(H,22,25)/p+1/t15-/m1/s1. The second-order valence-corrected chi connectivity index (χ2v) is 7.11. The van der Waals surface area contributed by atoms with E-state index in [1.807, 2.05) is 74.8 Å². The van der Waals surface area contributed by atoms with E-state index in [1.54, 1.807) is 11.8 Å². The molecule has 6 heteroatoms. The smallest absolute Gasteiger partial charge is 0.279 e. The normalized spacial score (nSPS) is 12.9. The van der Waals surface area contributed by atoms with E-state index in [9.17, 15) is 9.59 Å². The Morgan fingerprint density at radius 3 is 2.31 bits per heavy atom. The number of rotatable bonds is 8. The topological polar surface area (TPSA) is 62.6 Å². The molecule has 0 aromatic heterocycles. The Balaban J connectivity index is 1.81. The summed E-state index contributed by atoms with van der Waals surface area (Å²) in [7, 11) is 1.84. The molecular formula is C20H26N3O2S+. The number of carbonyl (C=O) groups is 2. The number of carbonyl (C=O) groups excluding carboxylic acids is 2. The lowest BCUT2D eigenvalue weighted by Gasteiger charge is -2.17. The molecule has 0 aliphatic carbocycles. The number of likely N-dealkylation sites (N-methyl/N-ethyl adjacent to an activating group) is 1. The van der Waals surface area contributed by atoms with Gasteiger partial charge in [0, 0.05) is 4.90 Å². The molecule has 2 aromatic rings. The molecule has 0 aliphatic heterocycles. The molecule has 1 unspecified atom stereocenters. The fraction of sp³-hybridized carbons (Fsp3) is 0.300. The largest absolute Gasteiger partial charge is 0.345 e. The molecule has 0 heterocycles. The van der Waals surface area contributed by atoms with Gasteiger partial charge in [-0.3, -0.25) is 9.59 Å². The molecule has 0 fully saturated rings. The first kappa shape index (κ1) is 20.0. The van der Waals surface area contributed by atoms with Crippen LogP contribution >= 0.6 is 11.8 Å². The Hall–Kier alpha value is -2.31. The van der Waals surface area contributed by atoms with Crippen molar-refractivity contribution < 1.29 is 14.5 Å². The van der Waals surface area contributed by atoms with Crippen LogP contribution in [0.1, 0.15) is 18.5 Å². The first-order valence-corrected chi connectivity index (χ1v) is 9.80. The van der Waals surface area contributed by atoms with Crippen molar-refractivity contribution in [3.05, 3.63) is 60.2 Å². The van der Waals surface area contributed by atoms with E-state index >= 15 is 0 Å². The first-order valence-electron chi connectivity index (χ1n) is 8.58. The molecule has 2 rings (SSSR count). The Kier molecular flexibility index (Phi) is 7.69. The van der Waals surface area contributed by atoms with Gasteiger partial charge in [-0.2, -0.15) is 0 Å². The van der Waals surface area contributed by atoms with Gasteiger partial charge >= 0.3 is 0 Å². The summed E-state index contributed by atoms with van der Waals surface area (Å²) in [6.07, 6.45) is 1.97. The molecule has 5 nitrogen and oxygen atoms in total. The van der Waals surface area contributed by atoms with Crippen molar-refractivity contribution in [3.63, 3.8) is 0 Å². The summed E-state index contributed by atoms with van der Waals surface area (Å²) in [5.74, 6) is -0.177. The SMILES string of the molecule is CSc1ccccc1NC(=O)C[NH+](C)CC(=O)N[C@H](C)c1ccccc1. The summed E-state index contributed by atoms with van der Waals surface area (Å²) in [5, 5.41) is 5.89. The van der Waals surface area contributed by atoms with Gasteiger partial charge in [-0.15, -0.1) is 11.8 Å². The van der Waals surface area contributed by atoms with Gasteiger partial charge in [-0.1, -0.05) is 42.5 Å². The zero-order valence-electron chi connectivity index (χ0n) is 15.4. The molecule has 0 saturated carbocycles. The highest BCUT2D eigenvalue weighted by Crippen LogP contribution is 2.24. The Bertz CT molecular complexity index is 737. The molecule has 2 amide bonds. The highest BCUT2D eigenvalue weighted by molar-refractivity contribution is 7.98. The number of hydrogen-bond donors (Lipinski definition) is 3. The molecular weight excluding hydrogens is 346 g/mol. The zero-order valence-corrected chi connectivity index (χ0v) is 16.2. The Labute approximate surface area is 159 Å². The third-order valence-corrected chi connectivity index (χ3v) is 4.78. The average molecular weight is 373 g/mol. The predicted molar refractivity (Wildman–Crippen MR) is 106 cm³/mol. The molecule has 0 radical (unpaired) electrons. The van der Waals surface area contributed by atoms with Crippen molar-refractivity contribution in [1.82, 2.24) is 5.32 Å². The van der Waals surface area contributed by atoms with E-state index in [-0.39, 0.29) is 30.9 Å². The van der Waals surface area contributed by atoms with Crippen LogP contribution in [0.5, 0.6) is 0 Å². The number of hydrogen-bond acceptors (Lipinski definition) is 3. The minimum absolute atomic E-state index is 0.0567. The molecule has 2 atom stereocenters. The van der Waals surface area contributed by atoms with Crippen LogP contribution in [-0.2, 0) is 9.59 Å². The second kappa shape index (κ2) is 9.99. The number of quaternary nitrogens is 1. The Morgan fingerprint density at radius 1 is 1.00 bits per heavy atom. The van der Waals surface area contributed by atoms with Gasteiger partial charge in [0.05, 0.1) is 18.8 Å². The zero-order chi connectivity index (χ0) is 18.9. The van der Waals surface area contributed by atoms with Crippen LogP contribution in [0.15, 0.2) is 59.5 Å². The summed E-state index contributed by atoms with van der Waals surface area (Å²) in [5.41, 5.74) is 1.87. The molecule has 0 bridgehead atoms. The van der Waals surface area contributed by atoms with Gasteiger partial charge in [0.25, 0.3) is 11.8 Å². The summed E-state index contributed by atoms with van der Waals surface area (Å²) < 4.78 is 0. The number of benzene rings is 2. The van der Waals surface area contributed by atoms with Gasteiger partial charge in [0.15, 0.2) is 13.1 Å². The van der Waals surface area contributed by atoms with E-state index in [0.717, 1.165) is 21.0 Å². The van der Waals surface area contributed by atoms with Crippen molar-refractivity contribution in [3.8, 4) is 0 Å². The van der Waals surface area contributed by atoms with Gasteiger partial charge < -0.3 is 15.5 Å². The molecule has 2 aromatic carbocycles. The summed E-state index contributed by atoms with van der Waals surface area (Å²) in [6.45, 7) is 2.43. The van der Waals surface area contributed by atoms with E-state index in [4.69, 9.17) is 0 Å². The van der Waals surface area contributed by atoms with Crippen LogP contribution in [0.25, 0.3) is 0 Å². The third-order valence-electron chi connectivity index (χ3n) is 3.98. The first-order chi connectivity index (χ1) is 12.5. The van der Waals surface area contributed by atoms with Crippen molar-refractivity contribution in [2.24, 2.45) is 0 Å². The van der Waals surface area contributed by atoms with Gasteiger partial charge in [-0.05, 0) is 30.9 Å². The fourth-order valence-corrected chi connectivity index (χ4v) is 3.22. The monoisotopic (exact) mass is 372 g/mol. The van der Waals surface area contributed by atoms with Crippen LogP contribution in [0.2, 0.25) is 0 Å². The molecule has 138 valence electrons. The summed E-state index contributed by atoms with van der Waals surface area (Å²) >= 11 is 1.59. The van der Waals surface area contributed by atoms with E-state index in [2.05, 4.69) is 10.6 Å². The van der Waals surface area contributed by atoms with Crippen molar-refractivity contribution in [1.29, 1.82) is 0 Å². The molecule has 0 spiro atoms. The second-order valence-electron chi connectivity index (χ2n) is 6.26. The predicted octanol–water partition coefficient (Wildman–Crippen LogP) is 1.74. The molecule has 26 heavy (non-hydrogen) atoms. The summed E-state index contributed by atoms with van der Waals surface area (Å²) in [6, 6.07) is 17.4. The maximum absolute atomic E-state index is 12.2. The lowest BCUT2D eigenvalue weighted by molar-refractivity contribution is -0.862. The lowest BCUT2D eigenvalue weighted by atomic mass is 10.1. The number of thioether (sulfide) groups is 1. The number of amides is 2. The molecule has 3 N–H and O–H groups in total. The number of nitrogens with one attached hydrogen (secondary N) is 3. The van der Waals surface area contributed by atoms with Crippen molar-refractivity contribution >= 4 is 29.3 Å². The average Bonchev–Trinajstić information content (AvgIpc) is 2.62. The minimum atomic E-state index is -0.104. The molecule has 0 saturated heterocycles. The van der Waals surface area contributed by atoms with Crippen molar-refractivity contribution in [2.45, 2.75) is 17.9 Å². The van der Waals surface area contributed by atoms with Gasteiger partial charge in [0.1, 0.15) is 0 Å². The van der Waals surface area contributed by atoms with Crippen LogP contribution in [-0.4, -0.2) is 38.2 Å². The van der Waals surface area contributed by atoms with Crippen LogP contribution in [0, 0.1) is 0 Å². The van der Waals surface area contributed by atoms with E-state index in [1.165, 1.54) is 0 Å². The van der Waals surface area contributed by atoms with Gasteiger partial charge in [0.2, 0.25) is 0 Å². The quantitative estimate of drug-likeness (QED) is 0.619. The van der Waals surface area contributed by atoms with Crippen LogP contribution in [0.4, 0.5) is 5.69 Å². The maximum Gasteiger partial charge on any atom is 0.279 e. The van der Waals surface area contributed by atoms with E-state index in [0.29, 0.717) is 0 Å². The maximum atomic E-state index is 12.2. The van der Waals surface area contributed by atoms with Crippen LogP contribution in [0.3, 0.4) is 0 Å². The van der Waals surface area contributed by atoms with E-state index < -0.39 is 0 Å².